The molecule has 0 rings (SSSR count). The minimum atomic E-state index is -1.20. The lowest BCUT2D eigenvalue weighted by atomic mass is 10.1. The van der Waals surface area contributed by atoms with Crippen LogP contribution >= 0.6 is 12.6 Å². The Bertz CT molecular complexity index is 388. The summed E-state index contributed by atoms with van der Waals surface area (Å²) < 4.78 is 0. The van der Waals surface area contributed by atoms with Crippen LogP contribution in [0.25, 0.3) is 0 Å². The molecule has 0 aliphatic rings. The van der Waals surface area contributed by atoms with Crippen LogP contribution in [-0.2, 0) is 19.2 Å². The zero-order valence-corrected chi connectivity index (χ0v) is 12.0. The molecule has 0 spiro atoms. The summed E-state index contributed by atoms with van der Waals surface area (Å²) in [5.41, 5.74) is 5.11. The van der Waals surface area contributed by atoms with Crippen molar-refractivity contribution in [1.29, 1.82) is 0 Å². The van der Waals surface area contributed by atoms with Gasteiger partial charge in [-0.25, -0.2) is 0 Å². The smallest absolute Gasteiger partial charge is 0.245 e. The Labute approximate surface area is 121 Å². The molecule has 0 fully saturated rings. The number of primary amides is 1. The van der Waals surface area contributed by atoms with Gasteiger partial charge in [0.1, 0.15) is 17.9 Å². The van der Waals surface area contributed by atoms with Crippen LogP contribution < -0.4 is 16.4 Å². The van der Waals surface area contributed by atoms with E-state index in [0.717, 1.165) is 0 Å². The second-order valence-corrected chi connectivity index (χ2v) is 4.48. The molecule has 0 aromatic carbocycles. The third-order valence-corrected chi connectivity index (χ3v) is 2.71. The maximum atomic E-state index is 11.8. The van der Waals surface area contributed by atoms with E-state index in [2.05, 4.69) is 23.3 Å². The van der Waals surface area contributed by atoms with Crippen LogP contribution in [0.3, 0.4) is 0 Å². The molecule has 0 unspecified atom stereocenters. The Morgan fingerprint density at radius 1 is 1.20 bits per heavy atom. The van der Waals surface area contributed by atoms with Crippen molar-refractivity contribution in [2.75, 3.05) is 12.4 Å². The normalized spacial score (nSPS) is 13.2. The molecule has 0 saturated carbocycles. The number of nitrogens with two attached hydrogens (primary N) is 1. The molecule has 9 heteroatoms. The number of amides is 3. The second kappa shape index (κ2) is 9.32. The van der Waals surface area contributed by atoms with Gasteiger partial charge in [-0.1, -0.05) is 0 Å². The Kier molecular flexibility index (Phi) is 8.57. The van der Waals surface area contributed by atoms with E-state index in [9.17, 15) is 19.2 Å². The molecular formula is C11H19N3O5S. The van der Waals surface area contributed by atoms with E-state index in [1.54, 1.807) is 0 Å². The van der Waals surface area contributed by atoms with Crippen LogP contribution in [0.1, 0.15) is 19.8 Å². The van der Waals surface area contributed by atoms with Gasteiger partial charge in [0.05, 0.1) is 12.4 Å². The third-order valence-electron chi connectivity index (χ3n) is 2.42. The summed E-state index contributed by atoms with van der Waals surface area (Å²) in [5, 5.41) is 13.6. The summed E-state index contributed by atoms with van der Waals surface area (Å²) in [6.45, 7) is 0.715. The number of ketones is 1. The Morgan fingerprint density at radius 2 is 1.80 bits per heavy atom. The minimum absolute atomic E-state index is 0.0646. The van der Waals surface area contributed by atoms with Crippen LogP contribution in [0.2, 0.25) is 0 Å². The van der Waals surface area contributed by atoms with Gasteiger partial charge in [0.15, 0.2) is 0 Å². The topological polar surface area (TPSA) is 139 Å². The summed E-state index contributed by atoms with van der Waals surface area (Å²) >= 11 is 3.72. The Balaban J connectivity index is 4.59. The first kappa shape index (κ1) is 18.4. The zero-order chi connectivity index (χ0) is 15.7. The fraction of sp³-hybridized carbons (Fsp3) is 0.636. The van der Waals surface area contributed by atoms with Crippen molar-refractivity contribution in [3.05, 3.63) is 0 Å². The van der Waals surface area contributed by atoms with Crippen LogP contribution in [0.5, 0.6) is 0 Å². The van der Waals surface area contributed by atoms with Gasteiger partial charge in [0, 0.05) is 6.42 Å². The average molecular weight is 305 g/mol. The molecule has 0 saturated heterocycles. The van der Waals surface area contributed by atoms with Gasteiger partial charge in [-0.05, 0) is 13.3 Å². The molecule has 0 radical (unpaired) electrons. The van der Waals surface area contributed by atoms with Gasteiger partial charge in [-0.3, -0.25) is 14.4 Å². The fourth-order valence-electron chi connectivity index (χ4n) is 1.34. The van der Waals surface area contributed by atoms with E-state index in [0.29, 0.717) is 0 Å². The largest absolute Gasteiger partial charge is 0.394 e. The molecule has 0 aromatic heterocycles. The number of aliphatic hydroxyl groups is 1. The number of hydrogen-bond donors (Lipinski definition) is 5. The predicted octanol–water partition coefficient (Wildman–Crippen LogP) is -2.27. The first-order valence-electron chi connectivity index (χ1n) is 5.92. The van der Waals surface area contributed by atoms with E-state index < -0.39 is 36.4 Å². The van der Waals surface area contributed by atoms with E-state index in [4.69, 9.17) is 10.8 Å². The van der Waals surface area contributed by atoms with Gasteiger partial charge < -0.3 is 26.3 Å². The summed E-state index contributed by atoms with van der Waals surface area (Å²) in [7, 11) is 0. The van der Waals surface area contributed by atoms with Crippen molar-refractivity contribution in [1.82, 2.24) is 10.6 Å². The predicted molar refractivity (Wildman–Crippen MR) is 73.9 cm³/mol. The number of hydrogen-bond acceptors (Lipinski definition) is 6. The molecule has 114 valence electrons. The first-order valence-corrected chi connectivity index (χ1v) is 6.55. The molecule has 2 atom stereocenters. The standard InChI is InChI=1S/C11H19N3O5S/c1-6(16)2-3-7(10(12)18)14-11(19)8(4-15)13-9(17)5-20/h7-8,15,20H,2-5H2,1H3,(H2,12,18)(H,13,17)(H,14,19)/t7-,8-/m0/s1. The molecule has 0 aliphatic heterocycles. The average Bonchev–Trinajstić information content (AvgIpc) is 2.39. The van der Waals surface area contributed by atoms with Crippen LogP contribution in [0, 0.1) is 0 Å². The van der Waals surface area contributed by atoms with E-state index in [1.807, 2.05) is 0 Å². The van der Waals surface area contributed by atoms with Crippen molar-refractivity contribution in [2.24, 2.45) is 5.73 Å². The van der Waals surface area contributed by atoms with Crippen molar-refractivity contribution < 1.29 is 24.3 Å². The van der Waals surface area contributed by atoms with Gasteiger partial charge in [-0.2, -0.15) is 12.6 Å². The van der Waals surface area contributed by atoms with Gasteiger partial charge in [0.25, 0.3) is 0 Å². The summed E-state index contributed by atoms with van der Waals surface area (Å²) in [5.74, 6) is -2.38. The number of nitrogens with one attached hydrogen (secondary N) is 2. The molecule has 0 bridgehead atoms. The van der Waals surface area contributed by atoms with E-state index in [1.165, 1.54) is 6.92 Å². The fourth-order valence-corrected chi connectivity index (χ4v) is 1.43. The highest BCUT2D eigenvalue weighted by molar-refractivity contribution is 7.81. The third kappa shape index (κ3) is 7.10. The number of carbonyl (C=O) groups excluding carboxylic acids is 4. The number of carbonyl (C=O) groups is 4. The summed E-state index contributed by atoms with van der Waals surface area (Å²) in [6.07, 6.45) is 0.149. The molecular weight excluding hydrogens is 286 g/mol. The minimum Gasteiger partial charge on any atom is -0.394 e. The van der Waals surface area contributed by atoms with Crippen LogP contribution in [0.4, 0.5) is 0 Å². The highest BCUT2D eigenvalue weighted by Gasteiger charge is 2.24. The van der Waals surface area contributed by atoms with Crippen molar-refractivity contribution in [3.8, 4) is 0 Å². The lowest BCUT2D eigenvalue weighted by Crippen LogP contribution is -2.54. The molecule has 0 aliphatic carbocycles. The monoisotopic (exact) mass is 305 g/mol. The van der Waals surface area contributed by atoms with Gasteiger partial charge in [-0.15, -0.1) is 0 Å². The SMILES string of the molecule is CC(=O)CC[C@H](NC(=O)[C@H](CO)NC(=O)CS)C(N)=O. The maximum Gasteiger partial charge on any atom is 0.245 e. The van der Waals surface area contributed by atoms with Crippen molar-refractivity contribution >= 4 is 36.1 Å². The molecule has 20 heavy (non-hydrogen) atoms. The Morgan fingerprint density at radius 3 is 2.20 bits per heavy atom. The van der Waals surface area contributed by atoms with E-state index in [-0.39, 0.29) is 24.4 Å². The Hall–Kier alpha value is -1.61. The van der Waals surface area contributed by atoms with E-state index >= 15 is 0 Å². The highest BCUT2D eigenvalue weighted by atomic mass is 32.1. The number of thiol groups is 1. The summed E-state index contributed by atoms with van der Waals surface area (Å²) in [4.78, 5) is 44.9. The lowest BCUT2D eigenvalue weighted by Gasteiger charge is -2.20. The number of rotatable bonds is 9. The molecule has 5 N–H and O–H groups in total. The maximum absolute atomic E-state index is 11.8. The molecule has 0 heterocycles. The van der Waals surface area contributed by atoms with Crippen LogP contribution in [-0.4, -0.2) is 53.1 Å². The zero-order valence-electron chi connectivity index (χ0n) is 11.1. The number of aliphatic hydroxyl groups excluding tert-OH is 1. The second-order valence-electron chi connectivity index (χ2n) is 4.17. The van der Waals surface area contributed by atoms with Crippen molar-refractivity contribution in [2.45, 2.75) is 31.8 Å². The molecule has 0 aromatic rings. The first-order chi connectivity index (χ1) is 9.31. The molecule has 8 nitrogen and oxygen atoms in total. The van der Waals surface area contributed by atoms with Crippen molar-refractivity contribution in [3.63, 3.8) is 0 Å². The molecule has 3 amide bonds. The summed E-state index contributed by atoms with van der Waals surface area (Å²) in [6, 6.07) is -2.23. The van der Waals surface area contributed by atoms with Crippen LogP contribution in [0.15, 0.2) is 0 Å². The lowest BCUT2D eigenvalue weighted by molar-refractivity contribution is -0.131. The van der Waals surface area contributed by atoms with Gasteiger partial charge in [0.2, 0.25) is 17.7 Å². The van der Waals surface area contributed by atoms with Gasteiger partial charge >= 0.3 is 0 Å². The quantitative estimate of drug-likeness (QED) is 0.306. The highest BCUT2D eigenvalue weighted by Crippen LogP contribution is 1.99. The number of Topliss-reactive ketones (excluding diaryl/α,β-unsaturated/α-hetero) is 1.